The Bertz CT molecular complexity index is 727. The largest absolute Gasteiger partial charge is 0.384 e. The molecule has 2 aromatic carbocycles. The van der Waals surface area contributed by atoms with Gasteiger partial charge in [0, 0.05) is 18.0 Å². The van der Waals surface area contributed by atoms with E-state index < -0.39 is 6.10 Å². The molecule has 3 rings (SSSR count). The van der Waals surface area contributed by atoms with E-state index >= 15 is 0 Å². The van der Waals surface area contributed by atoms with Crippen molar-refractivity contribution < 1.29 is 5.11 Å². The summed E-state index contributed by atoms with van der Waals surface area (Å²) in [5.74, 6) is 0. The fourth-order valence-corrected chi connectivity index (χ4v) is 2.39. The van der Waals surface area contributed by atoms with Gasteiger partial charge in [-0.15, -0.1) is 0 Å². The predicted octanol–water partition coefficient (Wildman–Crippen LogP) is 3.97. The highest BCUT2D eigenvalue weighted by molar-refractivity contribution is 6.31. The van der Waals surface area contributed by atoms with Gasteiger partial charge < -0.3 is 5.11 Å². The number of hydrogen-bond donors (Lipinski definition) is 1. The van der Waals surface area contributed by atoms with Crippen molar-refractivity contribution >= 4 is 22.4 Å². The van der Waals surface area contributed by atoms with Gasteiger partial charge in [0.15, 0.2) is 0 Å². The summed E-state index contributed by atoms with van der Waals surface area (Å²) < 4.78 is 0. The van der Waals surface area contributed by atoms with Gasteiger partial charge in [0.1, 0.15) is 6.10 Å². The van der Waals surface area contributed by atoms with E-state index in [9.17, 15) is 5.11 Å². The molecule has 0 saturated heterocycles. The Morgan fingerprint density at radius 3 is 2.58 bits per heavy atom. The number of fused-ring (bicyclic) bond motifs is 1. The van der Waals surface area contributed by atoms with Crippen LogP contribution in [0.2, 0.25) is 5.02 Å². The standard InChI is InChI=1S/C16H12ClNO/c17-15-10-18-8-7-14(15)16(19)13-6-5-11-3-1-2-4-12(11)9-13/h1-10,16,19H. The Labute approximate surface area is 116 Å². The van der Waals surface area contributed by atoms with E-state index in [0.29, 0.717) is 10.6 Å². The molecule has 3 aromatic rings. The van der Waals surface area contributed by atoms with Crippen LogP contribution in [0.4, 0.5) is 0 Å². The molecule has 1 N–H and O–H groups in total. The number of aliphatic hydroxyl groups excluding tert-OH is 1. The second kappa shape index (κ2) is 5.00. The third-order valence-corrected chi connectivity index (χ3v) is 3.50. The molecular weight excluding hydrogens is 258 g/mol. The molecule has 1 unspecified atom stereocenters. The molecule has 1 heterocycles. The molecule has 1 aromatic heterocycles. The average Bonchev–Trinajstić information content (AvgIpc) is 2.46. The first-order chi connectivity index (χ1) is 9.25. The second-order valence-electron chi connectivity index (χ2n) is 4.41. The first-order valence-corrected chi connectivity index (χ1v) is 6.39. The third-order valence-electron chi connectivity index (χ3n) is 3.19. The van der Waals surface area contributed by atoms with E-state index in [1.807, 2.05) is 42.5 Å². The van der Waals surface area contributed by atoms with Crippen molar-refractivity contribution in [3.63, 3.8) is 0 Å². The second-order valence-corrected chi connectivity index (χ2v) is 4.81. The smallest absolute Gasteiger partial charge is 0.106 e. The Hall–Kier alpha value is -1.90. The van der Waals surface area contributed by atoms with Crippen LogP contribution in [0.5, 0.6) is 0 Å². The molecule has 0 fully saturated rings. The van der Waals surface area contributed by atoms with Crippen molar-refractivity contribution in [3.05, 3.63) is 77.1 Å². The molecule has 0 radical (unpaired) electrons. The van der Waals surface area contributed by atoms with Crippen LogP contribution in [0.3, 0.4) is 0 Å². The molecule has 2 nitrogen and oxygen atoms in total. The molecular formula is C16H12ClNO. The zero-order valence-corrected chi connectivity index (χ0v) is 10.9. The lowest BCUT2D eigenvalue weighted by Crippen LogP contribution is -2.00. The van der Waals surface area contributed by atoms with Gasteiger partial charge in [-0.05, 0) is 28.5 Å². The quantitative estimate of drug-likeness (QED) is 0.764. The molecule has 0 aliphatic carbocycles. The first kappa shape index (κ1) is 12.2. The van der Waals surface area contributed by atoms with Gasteiger partial charge in [0.05, 0.1) is 5.02 Å². The maximum atomic E-state index is 10.4. The van der Waals surface area contributed by atoms with Crippen molar-refractivity contribution in [2.24, 2.45) is 0 Å². The van der Waals surface area contributed by atoms with Crippen LogP contribution >= 0.6 is 11.6 Å². The van der Waals surface area contributed by atoms with Gasteiger partial charge in [0.25, 0.3) is 0 Å². The molecule has 0 bridgehead atoms. The molecule has 19 heavy (non-hydrogen) atoms. The number of hydrogen-bond acceptors (Lipinski definition) is 2. The molecule has 0 saturated carbocycles. The highest BCUT2D eigenvalue weighted by Gasteiger charge is 2.13. The summed E-state index contributed by atoms with van der Waals surface area (Å²) in [4.78, 5) is 3.93. The Balaban J connectivity index is 2.07. The number of benzene rings is 2. The van der Waals surface area contributed by atoms with Gasteiger partial charge in [-0.25, -0.2) is 0 Å². The minimum Gasteiger partial charge on any atom is -0.384 e. The molecule has 0 aliphatic rings. The van der Waals surface area contributed by atoms with Crippen LogP contribution in [0.25, 0.3) is 10.8 Å². The Morgan fingerprint density at radius 1 is 1.00 bits per heavy atom. The van der Waals surface area contributed by atoms with E-state index in [0.717, 1.165) is 16.3 Å². The van der Waals surface area contributed by atoms with Crippen LogP contribution in [0, 0.1) is 0 Å². The fourth-order valence-electron chi connectivity index (χ4n) is 2.17. The SMILES string of the molecule is OC(c1ccc2ccccc2c1)c1ccncc1Cl. The normalized spacial score (nSPS) is 12.5. The summed E-state index contributed by atoms with van der Waals surface area (Å²) in [6.45, 7) is 0. The van der Waals surface area contributed by atoms with Gasteiger partial charge >= 0.3 is 0 Å². The maximum Gasteiger partial charge on any atom is 0.106 e. The summed E-state index contributed by atoms with van der Waals surface area (Å²) in [6.07, 6.45) is 2.44. The minimum atomic E-state index is -0.736. The lowest BCUT2D eigenvalue weighted by atomic mass is 9.99. The Morgan fingerprint density at radius 2 is 1.79 bits per heavy atom. The molecule has 3 heteroatoms. The van der Waals surface area contributed by atoms with Gasteiger partial charge in [0.2, 0.25) is 0 Å². The van der Waals surface area contributed by atoms with Crippen LogP contribution in [-0.4, -0.2) is 10.1 Å². The van der Waals surface area contributed by atoms with Crippen LogP contribution in [0.1, 0.15) is 17.2 Å². The van der Waals surface area contributed by atoms with Gasteiger partial charge in [-0.2, -0.15) is 0 Å². The van der Waals surface area contributed by atoms with Crippen molar-refractivity contribution in [1.29, 1.82) is 0 Å². The highest BCUT2D eigenvalue weighted by atomic mass is 35.5. The number of aromatic nitrogens is 1. The van der Waals surface area contributed by atoms with Crippen molar-refractivity contribution in [1.82, 2.24) is 4.98 Å². The topological polar surface area (TPSA) is 33.1 Å². The number of pyridine rings is 1. The summed E-state index contributed by atoms with van der Waals surface area (Å²) in [7, 11) is 0. The van der Waals surface area contributed by atoms with E-state index in [2.05, 4.69) is 4.98 Å². The minimum absolute atomic E-state index is 0.475. The van der Waals surface area contributed by atoms with Crippen LogP contribution in [0.15, 0.2) is 60.9 Å². The number of rotatable bonds is 2. The lowest BCUT2D eigenvalue weighted by molar-refractivity contribution is 0.220. The van der Waals surface area contributed by atoms with E-state index in [1.54, 1.807) is 18.5 Å². The lowest BCUT2D eigenvalue weighted by Gasteiger charge is -2.13. The van der Waals surface area contributed by atoms with Gasteiger partial charge in [-0.3, -0.25) is 4.98 Å². The molecule has 0 aliphatic heterocycles. The number of aliphatic hydroxyl groups is 1. The Kier molecular flexibility index (Phi) is 3.20. The molecule has 0 spiro atoms. The van der Waals surface area contributed by atoms with Crippen LogP contribution < -0.4 is 0 Å². The predicted molar refractivity (Wildman–Crippen MR) is 77.3 cm³/mol. The van der Waals surface area contributed by atoms with E-state index in [-0.39, 0.29) is 0 Å². The van der Waals surface area contributed by atoms with Crippen LogP contribution in [-0.2, 0) is 0 Å². The molecule has 0 amide bonds. The third kappa shape index (κ3) is 2.33. The fraction of sp³-hybridized carbons (Fsp3) is 0.0625. The summed E-state index contributed by atoms with van der Waals surface area (Å²) in [5, 5.41) is 13.1. The van der Waals surface area contributed by atoms with Crippen molar-refractivity contribution in [2.45, 2.75) is 6.10 Å². The zero-order valence-electron chi connectivity index (χ0n) is 10.1. The molecule has 94 valence electrons. The van der Waals surface area contributed by atoms with E-state index in [4.69, 9.17) is 11.6 Å². The number of nitrogens with zero attached hydrogens (tertiary/aromatic N) is 1. The average molecular weight is 270 g/mol. The molecule has 1 atom stereocenters. The van der Waals surface area contributed by atoms with Crippen molar-refractivity contribution in [2.75, 3.05) is 0 Å². The summed E-state index contributed by atoms with van der Waals surface area (Å²) >= 11 is 6.06. The van der Waals surface area contributed by atoms with E-state index in [1.165, 1.54) is 0 Å². The highest BCUT2D eigenvalue weighted by Crippen LogP contribution is 2.29. The maximum absolute atomic E-state index is 10.4. The first-order valence-electron chi connectivity index (χ1n) is 6.02. The zero-order chi connectivity index (χ0) is 13.2. The summed E-state index contributed by atoms with van der Waals surface area (Å²) in [6, 6.07) is 15.7. The van der Waals surface area contributed by atoms with Crippen molar-refractivity contribution in [3.8, 4) is 0 Å². The summed E-state index contributed by atoms with van der Waals surface area (Å²) in [5.41, 5.74) is 1.50. The van der Waals surface area contributed by atoms with Gasteiger partial charge in [-0.1, -0.05) is 48.0 Å². The monoisotopic (exact) mass is 269 g/mol. The number of halogens is 1.